The van der Waals surface area contributed by atoms with Crippen molar-refractivity contribution in [3.05, 3.63) is 136 Å². The third-order valence-corrected chi connectivity index (χ3v) is 8.52. The molecule has 5 nitrogen and oxygen atoms in total. The predicted molar refractivity (Wildman–Crippen MR) is 154 cm³/mol. The fraction of sp³-hybridized carbons (Fsp3) is 0.242. The van der Waals surface area contributed by atoms with Crippen molar-refractivity contribution in [3.63, 3.8) is 0 Å². The Bertz CT molecular complexity index is 1580. The highest BCUT2D eigenvalue weighted by molar-refractivity contribution is 7.99. The summed E-state index contributed by atoms with van der Waals surface area (Å²) in [5, 5.41) is 11.6. The van der Waals surface area contributed by atoms with E-state index in [-0.39, 0.29) is 31.3 Å². The Balaban J connectivity index is 1.31. The van der Waals surface area contributed by atoms with Crippen LogP contribution in [0.2, 0.25) is 0 Å². The first-order chi connectivity index (χ1) is 21.2. The third-order valence-electron chi connectivity index (χ3n) is 7.42. The summed E-state index contributed by atoms with van der Waals surface area (Å²) >= 11 is 1.67. The van der Waals surface area contributed by atoms with Crippen molar-refractivity contribution in [2.45, 2.75) is 43.5 Å². The molecule has 4 aromatic carbocycles. The first kappa shape index (κ1) is 31.6. The Morgan fingerprint density at radius 1 is 0.773 bits per heavy atom. The van der Waals surface area contributed by atoms with Crippen molar-refractivity contribution < 1.29 is 41.3 Å². The number of benzene rings is 4. The summed E-state index contributed by atoms with van der Waals surface area (Å²) in [5.41, 5.74) is 1.35. The van der Waals surface area contributed by atoms with Crippen molar-refractivity contribution in [2.75, 3.05) is 5.75 Å². The van der Waals surface area contributed by atoms with Crippen LogP contribution in [0.25, 0.3) is 0 Å². The smallest absolute Gasteiger partial charge is 0.257 e. The van der Waals surface area contributed by atoms with Gasteiger partial charge in [-0.05, 0) is 28.8 Å². The molecule has 2 N–H and O–H groups in total. The van der Waals surface area contributed by atoms with E-state index in [2.05, 4.69) is 12.2 Å². The van der Waals surface area contributed by atoms with Gasteiger partial charge in [0.05, 0.1) is 18.8 Å². The van der Waals surface area contributed by atoms with Crippen molar-refractivity contribution in [3.8, 4) is 0 Å². The maximum Gasteiger partial charge on any atom is 0.257 e. The normalized spacial score (nSPS) is 20.0. The SMILES string of the molecule is C[C@@H]1[C@H](CSc2ccccc2)O[C@H](c2ccc(CNC(=O)c3c(F)c(F)c(F)c(F)c3F)cc2)O[C@@H]1c1ccc(CO)cc1. The highest BCUT2D eigenvalue weighted by Crippen LogP contribution is 2.43. The van der Waals surface area contributed by atoms with E-state index in [0.29, 0.717) is 16.9 Å². The van der Waals surface area contributed by atoms with Crippen molar-refractivity contribution in [1.82, 2.24) is 5.32 Å². The van der Waals surface area contributed by atoms with E-state index >= 15 is 0 Å². The van der Waals surface area contributed by atoms with Gasteiger partial charge in [0.15, 0.2) is 29.6 Å². The predicted octanol–water partition coefficient (Wildman–Crippen LogP) is 7.39. The van der Waals surface area contributed by atoms with E-state index in [9.17, 15) is 31.9 Å². The fourth-order valence-corrected chi connectivity index (χ4v) is 5.96. The zero-order valence-corrected chi connectivity index (χ0v) is 24.2. The Morgan fingerprint density at radius 3 is 1.95 bits per heavy atom. The van der Waals surface area contributed by atoms with Crippen LogP contribution in [0.15, 0.2) is 83.8 Å². The van der Waals surface area contributed by atoms with Crippen LogP contribution < -0.4 is 5.32 Å². The molecule has 1 saturated heterocycles. The van der Waals surface area contributed by atoms with E-state index in [0.717, 1.165) is 16.0 Å². The van der Waals surface area contributed by atoms with Crippen LogP contribution in [0.4, 0.5) is 22.0 Å². The van der Waals surface area contributed by atoms with Crippen LogP contribution in [0, 0.1) is 35.0 Å². The summed E-state index contributed by atoms with van der Waals surface area (Å²) in [4.78, 5) is 13.4. The molecule has 230 valence electrons. The second kappa shape index (κ2) is 13.9. The molecule has 4 aromatic rings. The van der Waals surface area contributed by atoms with Crippen LogP contribution in [0.5, 0.6) is 0 Å². The second-order valence-electron chi connectivity index (χ2n) is 10.3. The Kier molecular flexibility index (Phi) is 10.00. The molecule has 1 heterocycles. The Hall–Kier alpha value is -3.77. The minimum atomic E-state index is -2.33. The van der Waals surface area contributed by atoms with Crippen molar-refractivity contribution >= 4 is 17.7 Å². The molecular formula is C33H28F5NO4S. The number of hydrogen-bond donors (Lipinski definition) is 2. The highest BCUT2D eigenvalue weighted by Gasteiger charge is 2.38. The summed E-state index contributed by atoms with van der Waals surface area (Å²) in [5.74, 6) is -11.9. The number of carbonyl (C=O) groups excluding carboxylic acids is 1. The summed E-state index contributed by atoms with van der Waals surface area (Å²) < 4.78 is 81.3. The number of nitrogens with one attached hydrogen (secondary N) is 1. The van der Waals surface area contributed by atoms with Gasteiger partial charge in [0.25, 0.3) is 5.91 Å². The molecule has 44 heavy (non-hydrogen) atoms. The van der Waals surface area contributed by atoms with E-state index < -0.39 is 46.8 Å². The van der Waals surface area contributed by atoms with E-state index in [1.54, 1.807) is 36.0 Å². The molecule has 0 aromatic heterocycles. The molecule has 1 aliphatic heterocycles. The number of ether oxygens (including phenoxy) is 2. The van der Waals surface area contributed by atoms with Crippen LogP contribution in [-0.2, 0) is 22.6 Å². The van der Waals surface area contributed by atoms with E-state index in [4.69, 9.17) is 9.47 Å². The van der Waals surface area contributed by atoms with Gasteiger partial charge in [-0.3, -0.25) is 4.79 Å². The molecule has 0 bridgehead atoms. The molecular weight excluding hydrogens is 601 g/mol. The van der Waals surface area contributed by atoms with Gasteiger partial charge in [0.2, 0.25) is 5.82 Å². The van der Waals surface area contributed by atoms with Crippen molar-refractivity contribution in [1.29, 1.82) is 0 Å². The first-order valence-electron chi connectivity index (χ1n) is 13.7. The zero-order chi connectivity index (χ0) is 31.4. The summed E-state index contributed by atoms with van der Waals surface area (Å²) in [6.45, 7) is 1.75. The molecule has 4 atom stereocenters. The van der Waals surface area contributed by atoms with Crippen molar-refractivity contribution in [2.24, 2.45) is 5.92 Å². The number of halogens is 5. The summed E-state index contributed by atoms with van der Waals surface area (Å²) in [6.07, 6.45) is -1.25. The topological polar surface area (TPSA) is 67.8 Å². The molecule has 0 aliphatic carbocycles. The summed E-state index contributed by atoms with van der Waals surface area (Å²) in [7, 11) is 0. The number of aliphatic hydroxyl groups is 1. The maximum atomic E-state index is 14.0. The minimum Gasteiger partial charge on any atom is -0.392 e. The van der Waals surface area contributed by atoms with Gasteiger partial charge in [-0.1, -0.05) is 73.7 Å². The zero-order valence-electron chi connectivity index (χ0n) is 23.4. The Labute approximate surface area is 255 Å². The lowest BCUT2D eigenvalue weighted by Crippen LogP contribution is -2.38. The molecule has 0 saturated carbocycles. The lowest BCUT2D eigenvalue weighted by Gasteiger charge is -2.41. The third kappa shape index (κ3) is 6.81. The first-order valence-corrected chi connectivity index (χ1v) is 14.7. The maximum absolute atomic E-state index is 14.0. The molecule has 1 fully saturated rings. The average molecular weight is 630 g/mol. The van der Waals surface area contributed by atoms with Crippen LogP contribution >= 0.6 is 11.8 Å². The standard InChI is InChI=1S/C33H28F5NO4S/c1-18-24(17-44-23-5-3-2-4-6-23)42-33(43-31(18)21-11-9-20(16-40)10-12-21)22-13-7-19(8-14-22)15-39-32(41)25-26(34)28(36)30(38)29(37)27(25)35/h2-14,18,24,31,33,40H,15-17H2,1H3,(H,39,41)/t18-,24+,31+,33+/m1/s1. The van der Waals surface area contributed by atoms with Crippen LogP contribution in [0.3, 0.4) is 0 Å². The van der Waals surface area contributed by atoms with Gasteiger partial charge in [-0.2, -0.15) is 0 Å². The Morgan fingerprint density at radius 2 is 1.34 bits per heavy atom. The number of carbonyl (C=O) groups is 1. The molecule has 11 heteroatoms. The molecule has 0 radical (unpaired) electrons. The van der Waals surface area contributed by atoms with Gasteiger partial charge < -0.3 is 19.9 Å². The highest BCUT2D eigenvalue weighted by atomic mass is 32.2. The van der Waals surface area contributed by atoms with Crippen LogP contribution in [0.1, 0.15) is 51.9 Å². The lowest BCUT2D eigenvalue weighted by atomic mass is 9.91. The molecule has 5 rings (SSSR count). The van der Waals surface area contributed by atoms with Gasteiger partial charge in [-0.15, -0.1) is 11.8 Å². The quantitative estimate of drug-likeness (QED) is 0.0875. The number of amides is 1. The number of hydrogen-bond acceptors (Lipinski definition) is 5. The summed E-state index contributed by atoms with van der Waals surface area (Å²) in [6, 6.07) is 24.2. The van der Waals surface area contributed by atoms with E-state index in [1.165, 1.54) is 0 Å². The minimum absolute atomic E-state index is 0.0150. The average Bonchev–Trinajstić information content (AvgIpc) is 3.06. The van der Waals surface area contributed by atoms with E-state index in [1.807, 2.05) is 54.6 Å². The molecule has 0 spiro atoms. The van der Waals surface area contributed by atoms with Gasteiger partial charge in [0.1, 0.15) is 5.56 Å². The molecule has 1 aliphatic rings. The lowest BCUT2D eigenvalue weighted by molar-refractivity contribution is -0.268. The molecule has 0 unspecified atom stereocenters. The van der Waals surface area contributed by atoms with Gasteiger partial charge >= 0.3 is 0 Å². The monoisotopic (exact) mass is 629 g/mol. The number of rotatable bonds is 9. The van der Waals surface area contributed by atoms with Gasteiger partial charge in [0, 0.05) is 28.7 Å². The van der Waals surface area contributed by atoms with Gasteiger partial charge in [-0.25, -0.2) is 22.0 Å². The number of aliphatic hydroxyl groups excluding tert-OH is 1. The fourth-order valence-electron chi connectivity index (χ4n) is 4.87. The second-order valence-corrected chi connectivity index (χ2v) is 11.4. The molecule has 1 amide bonds. The number of thioether (sulfide) groups is 1. The largest absolute Gasteiger partial charge is 0.392 e. The van der Waals surface area contributed by atoms with Crippen LogP contribution in [-0.4, -0.2) is 22.9 Å².